The van der Waals surface area contributed by atoms with E-state index in [4.69, 9.17) is 0 Å². The number of allylic oxidation sites excluding steroid dienone is 7. The third kappa shape index (κ3) is 6.75. The lowest BCUT2D eigenvalue weighted by atomic mass is 10.2. The lowest BCUT2D eigenvalue weighted by molar-refractivity contribution is -0.402. The Kier molecular flexibility index (Phi) is 6.15. The highest BCUT2D eigenvalue weighted by atomic mass is 16.6. The zero-order valence-electron chi connectivity index (χ0n) is 7.81. The molecule has 0 rings (SSSR count). The van der Waals surface area contributed by atoms with Gasteiger partial charge in [-0.25, -0.2) is 0 Å². The second-order valence-corrected chi connectivity index (χ2v) is 2.27. The van der Waals surface area contributed by atoms with Crippen LogP contribution in [0.25, 0.3) is 0 Å². The maximum absolute atomic E-state index is 10.0. The second kappa shape index (κ2) is 7.03. The molecule has 0 bridgehead atoms. The van der Waals surface area contributed by atoms with E-state index in [1.807, 2.05) is 32.1 Å². The zero-order chi connectivity index (χ0) is 10.1. The van der Waals surface area contributed by atoms with Gasteiger partial charge in [-0.2, -0.15) is 0 Å². The first-order valence-corrected chi connectivity index (χ1v) is 3.98. The summed E-state index contributed by atoms with van der Waals surface area (Å²) in [5.74, 6) is 0. The van der Waals surface area contributed by atoms with Gasteiger partial charge in [-0.15, -0.1) is 0 Å². The van der Waals surface area contributed by atoms with E-state index in [9.17, 15) is 10.1 Å². The minimum absolute atomic E-state index is 0.479. The number of hydrogen-bond donors (Lipinski definition) is 0. The van der Waals surface area contributed by atoms with Crippen molar-refractivity contribution < 1.29 is 4.92 Å². The Bertz CT molecular complexity index is 273. The van der Waals surface area contributed by atoms with Gasteiger partial charge < -0.3 is 0 Å². The molecule has 0 unspecified atom stereocenters. The molecule has 0 aromatic carbocycles. The summed E-state index contributed by atoms with van der Waals surface area (Å²) in [5, 5.41) is 10.0. The first-order valence-electron chi connectivity index (χ1n) is 3.98. The molecular weight excluding hydrogens is 166 g/mol. The first kappa shape index (κ1) is 11.4. The predicted molar refractivity (Wildman–Crippen MR) is 53.8 cm³/mol. The minimum atomic E-state index is -0.479. The molecule has 0 aromatic rings. The van der Waals surface area contributed by atoms with E-state index in [2.05, 4.69) is 0 Å². The molecule has 0 saturated carbocycles. The minimum Gasteiger partial charge on any atom is -0.259 e. The molecule has 0 amide bonds. The summed E-state index contributed by atoms with van der Waals surface area (Å²) < 4.78 is 0. The summed E-state index contributed by atoms with van der Waals surface area (Å²) in [4.78, 5) is 9.52. The fourth-order valence-corrected chi connectivity index (χ4v) is 0.673. The highest BCUT2D eigenvalue weighted by Gasteiger charge is 1.87. The van der Waals surface area contributed by atoms with Gasteiger partial charge in [0.15, 0.2) is 0 Å². The van der Waals surface area contributed by atoms with Crippen LogP contribution in [-0.2, 0) is 0 Å². The van der Waals surface area contributed by atoms with Crippen LogP contribution in [0.2, 0.25) is 0 Å². The number of nitrogens with zero attached hydrogens (tertiary/aromatic N) is 1. The van der Waals surface area contributed by atoms with Gasteiger partial charge in [0.2, 0.25) is 6.20 Å². The normalized spacial score (nSPS) is 13.5. The van der Waals surface area contributed by atoms with Crippen LogP contribution in [0.1, 0.15) is 13.8 Å². The summed E-state index contributed by atoms with van der Waals surface area (Å²) >= 11 is 0. The molecule has 0 radical (unpaired) electrons. The van der Waals surface area contributed by atoms with Crippen LogP contribution in [0.3, 0.4) is 0 Å². The van der Waals surface area contributed by atoms with Gasteiger partial charge in [0.05, 0.1) is 4.92 Å². The van der Waals surface area contributed by atoms with E-state index in [1.54, 1.807) is 12.2 Å². The van der Waals surface area contributed by atoms with Crippen molar-refractivity contribution in [3.8, 4) is 0 Å². The average molecular weight is 179 g/mol. The number of hydrogen-bond acceptors (Lipinski definition) is 2. The van der Waals surface area contributed by atoms with Gasteiger partial charge in [0, 0.05) is 6.08 Å². The van der Waals surface area contributed by atoms with Gasteiger partial charge in [-0.05, 0) is 19.4 Å². The van der Waals surface area contributed by atoms with Crippen molar-refractivity contribution in [2.75, 3.05) is 0 Å². The summed E-state index contributed by atoms with van der Waals surface area (Å²) in [6, 6.07) is 0. The van der Waals surface area contributed by atoms with E-state index in [1.165, 1.54) is 6.08 Å². The van der Waals surface area contributed by atoms with E-state index >= 15 is 0 Å². The molecule has 3 heteroatoms. The Morgan fingerprint density at radius 1 is 1.23 bits per heavy atom. The Morgan fingerprint density at radius 3 is 2.38 bits per heavy atom. The number of nitro groups is 1. The van der Waals surface area contributed by atoms with Crippen LogP contribution >= 0.6 is 0 Å². The lowest BCUT2D eigenvalue weighted by Crippen LogP contribution is -1.82. The third-order valence-corrected chi connectivity index (χ3v) is 1.31. The lowest BCUT2D eigenvalue weighted by Gasteiger charge is -1.87. The Balaban J connectivity index is 4.30. The molecule has 3 nitrogen and oxygen atoms in total. The molecule has 70 valence electrons. The fourth-order valence-electron chi connectivity index (χ4n) is 0.673. The molecule has 0 heterocycles. The van der Waals surface area contributed by atoms with Crippen LogP contribution < -0.4 is 0 Å². The van der Waals surface area contributed by atoms with Crippen molar-refractivity contribution >= 4 is 0 Å². The topological polar surface area (TPSA) is 43.1 Å². The SMILES string of the molecule is C\C=C/C=C\C(\C=C\[N+](=O)[O-])=C/C. The fraction of sp³-hybridized carbons (Fsp3) is 0.200. The van der Waals surface area contributed by atoms with E-state index in [-0.39, 0.29) is 0 Å². The molecule has 0 aliphatic rings. The van der Waals surface area contributed by atoms with Gasteiger partial charge in [0.1, 0.15) is 0 Å². The smallest absolute Gasteiger partial charge is 0.235 e. The summed E-state index contributed by atoms with van der Waals surface area (Å²) in [6.45, 7) is 3.74. The van der Waals surface area contributed by atoms with Crippen molar-refractivity contribution in [2.45, 2.75) is 13.8 Å². The van der Waals surface area contributed by atoms with Crippen LogP contribution in [-0.4, -0.2) is 4.92 Å². The maximum atomic E-state index is 10.0. The number of rotatable bonds is 4. The average Bonchev–Trinajstić information content (AvgIpc) is 2.10. The van der Waals surface area contributed by atoms with Gasteiger partial charge >= 0.3 is 0 Å². The predicted octanol–water partition coefficient (Wildman–Crippen LogP) is 2.86. The summed E-state index contributed by atoms with van der Waals surface area (Å²) in [5.41, 5.74) is 0.815. The highest BCUT2D eigenvalue weighted by molar-refractivity contribution is 5.30. The molecule has 0 N–H and O–H groups in total. The third-order valence-electron chi connectivity index (χ3n) is 1.31. The standard InChI is InChI=1S/C10H13NO2/c1-3-5-6-7-10(4-2)8-9-11(12)13/h3-9H,1-2H3/b5-3-,7-6-,9-8+,10-4+. The Morgan fingerprint density at radius 2 is 1.92 bits per heavy atom. The molecular formula is C10H13NO2. The van der Waals surface area contributed by atoms with Crippen LogP contribution in [0.5, 0.6) is 0 Å². The second-order valence-electron chi connectivity index (χ2n) is 2.27. The van der Waals surface area contributed by atoms with Crippen molar-refractivity contribution in [2.24, 2.45) is 0 Å². The molecule has 0 saturated heterocycles. The van der Waals surface area contributed by atoms with Crippen molar-refractivity contribution in [3.63, 3.8) is 0 Å². The Labute approximate surface area is 77.9 Å². The van der Waals surface area contributed by atoms with Gasteiger partial charge in [-0.3, -0.25) is 10.1 Å². The van der Waals surface area contributed by atoms with Crippen LogP contribution in [0.4, 0.5) is 0 Å². The molecule has 0 aliphatic carbocycles. The molecule has 0 fully saturated rings. The van der Waals surface area contributed by atoms with Gasteiger partial charge in [-0.1, -0.05) is 30.4 Å². The molecule has 13 heavy (non-hydrogen) atoms. The molecule has 0 spiro atoms. The van der Waals surface area contributed by atoms with Crippen LogP contribution in [0, 0.1) is 10.1 Å². The maximum Gasteiger partial charge on any atom is 0.235 e. The van der Waals surface area contributed by atoms with Gasteiger partial charge in [0.25, 0.3) is 0 Å². The quantitative estimate of drug-likeness (QED) is 0.378. The highest BCUT2D eigenvalue weighted by Crippen LogP contribution is 1.99. The van der Waals surface area contributed by atoms with E-state index in [0.29, 0.717) is 0 Å². The molecule has 0 atom stereocenters. The van der Waals surface area contributed by atoms with Crippen LogP contribution in [0.15, 0.2) is 48.2 Å². The largest absolute Gasteiger partial charge is 0.259 e. The Hall–Kier alpha value is -1.64. The van der Waals surface area contributed by atoms with Crippen molar-refractivity contribution in [1.29, 1.82) is 0 Å². The molecule has 0 aromatic heterocycles. The first-order chi connectivity index (χ1) is 6.20. The van der Waals surface area contributed by atoms with Crippen molar-refractivity contribution in [1.82, 2.24) is 0 Å². The molecule has 0 aliphatic heterocycles. The zero-order valence-corrected chi connectivity index (χ0v) is 7.81. The summed E-state index contributed by atoms with van der Waals surface area (Å²) in [6.07, 6.45) is 11.6. The van der Waals surface area contributed by atoms with E-state index in [0.717, 1.165) is 11.8 Å². The summed E-state index contributed by atoms with van der Waals surface area (Å²) in [7, 11) is 0. The van der Waals surface area contributed by atoms with Crippen molar-refractivity contribution in [3.05, 3.63) is 58.3 Å². The van der Waals surface area contributed by atoms with E-state index < -0.39 is 4.92 Å². The monoisotopic (exact) mass is 179 g/mol.